The Labute approximate surface area is 116 Å². The lowest BCUT2D eigenvalue weighted by Gasteiger charge is -2.17. The zero-order chi connectivity index (χ0) is 14.0. The zero-order valence-corrected chi connectivity index (χ0v) is 12.7. The number of rotatable bonds is 4. The Morgan fingerprint density at radius 2 is 2.11 bits per heavy atom. The molecule has 3 nitrogen and oxygen atoms in total. The van der Waals surface area contributed by atoms with Crippen LogP contribution in [0, 0.1) is 6.92 Å². The molecule has 0 amide bonds. The molecular formula is C16H26N2O. The zero-order valence-electron chi connectivity index (χ0n) is 12.7. The van der Waals surface area contributed by atoms with Crippen molar-refractivity contribution in [2.24, 2.45) is 0 Å². The molecule has 1 saturated heterocycles. The summed E-state index contributed by atoms with van der Waals surface area (Å²) in [5.41, 5.74) is 2.48. The highest BCUT2D eigenvalue weighted by Gasteiger charge is 2.26. The second-order valence-electron chi connectivity index (χ2n) is 6.01. The molecule has 2 unspecified atom stereocenters. The third-order valence-corrected chi connectivity index (χ3v) is 3.82. The fraction of sp³-hybridized carbons (Fsp3) is 0.625. The van der Waals surface area contributed by atoms with Crippen LogP contribution < -0.4 is 10.1 Å². The first-order valence-corrected chi connectivity index (χ1v) is 7.19. The van der Waals surface area contributed by atoms with Crippen molar-refractivity contribution in [2.75, 3.05) is 18.9 Å². The van der Waals surface area contributed by atoms with Gasteiger partial charge in [-0.25, -0.2) is 0 Å². The van der Waals surface area contributed by atoms with Crippen LogP contribution in [0.2, 0.25) is 0 Å². The van der Waals surface area contributed by atoms with Crippen LogP contribution in [0.5, 0.6) is 5.75 Å². The van der Waals surface area contributed by atoms with E-state index in [4.69, 9.17) is 4.74 Å². The minimum atomic E-state index is 0.225. The van der Waals surface area contributed by atoms with Gasteiger partial charge in [0, 0.05) is 24.3 Å². The third kappa shape index (κ3) is 3.63. The van der Waals surface area contributed by atoms with Crippen molar-refractivity contribution in [2.45, 2.75) is 52.3 Å². The highest BCUT2D eigenvalue weighted by atomic mass is 16.5. The summed E-state index contributed by atoms with van der Waals surface area (Å²) in [7, 11) is 2.19. The Hall–Kier alpha value is -1.22. The summed E-state index contributed by atoms with van der Waals surface area (Å²) < 4.78 is 5.72. The molecule has 1 fully saturated rings. The van der Waals surface area contributed by atoms with E-state index in [9.17, 15) is 0 Å². The fourth-order valence-electron chi connectivity index (χ4n) is 2.66. The van der Waals surface area contributed by atoms with Crippen molar-refractivity contribution in [1.82, 2.24) is 4.90 Å². The third-order valence-electron chi connectivity index (χ3n) is 3.82. The average Bonchev–Trinajstić information content (AvgIpc) is 2.61. The van der Waals surface area contributed by atoms with Gasteiger partial charge in [-0.3, -0.25) is 0 Å². The normalized spacial score (nSPS) is 23.9. The molecule has 0 spiro atoms. The highest BCUT2D eigenvalue weighted by Crippen LogP contribution is 2.25. The predicted octanol–water partition coefficient (Wildman–Crippen LogP) is 3.29. The van der Waals surface area contributed by atoms with Gasteiger partial charge in [-0.05, 0) is 64.9 Å². The van der Waals surface area contributed by atoms with Gasteiger partial charge in [0.2, 0.25) is 0 Å². The molecule has 0 saturated carbocycles. The number of benzene rings is 1. The first-order chi connectivity index (χ1) is 8.95. The van der Waals surface area contributed by atoms with E-state index in [1.807, 2.05) is 0 Å². The highest BCUT2D eigenvalue weighted by molar-refractivity contribution is 5.54. The van der Waals surface area contributed by atoms with Gasteiger partial charge in [0.25, 0.3) is 0 Å². The number of aryl methyl sites for hydroxylation is 1. The first kappa shape index (κ1) is 14.2. The lowest BCUT2D eigenvalue weighted by Crippen LogP contribution is -2.25. The molecule has 0 bridgehead atoms. The number of nitrogens with one attached hydrogen (secondary N) is 1. The molecule has 106 valence electrons. The van der Waals surface area contributed by atoms with Crippen LogP contribution >= 0.6 is 0 Å². The molecule has 1 aromatic rings. The summed E-state index contributed by atoms with van der Waals surface area (Å²) >= 11 is 0. The van der Waals surface area contributed by atoms with Crippen molar-refractivity contribution in [3.8, 4) is 5.75 Å². The van der Waals surface area contributed by atoms with E-state index < -0.39 is 0 Å². The molecule has 1 N–H and O–H groups in total. The fourth-order valence-corrected chi connectivity index (χ4v) is 2.66. The van der Waals surface area contributed by atoms with Crippen molar-refractivity contribution in [1.29, 1.82) is 0 Å². The average molecular weight is 262 g/mol. The monoisotopic (exact) mass is 262 g/mol. The SMILES string of the molecule is Cc1cc(OC(C)C)ccc1NC1CC(C)N(C)C1. The lowest BCUT2D eigenvalue weighted by atomic mass is 10.1. The van der Waals surface area contributed by atoms with E-state index >= 15 is 0 Å². The molecule has 3 heteroatoms. The van der Waals surface area contributed by atoms with Crippen LogP contribution in [0.3, 0.4) is 0 Å². The topological polar surface area (TPSA) is 24.5 Å². The number of hydrogen-bond donors (Lipinski definition) is 1. The van der Waals surface area contributed by atoms with Crippen LogP contribution in [0.25, 0.3) is 0 Å². The maximum Gasteiger partial charge on any atom is 0.120 e. The van der Waals surface area contributed by atoms with Gasteiger partial charge in [0.05, 0.1) is 6.10 Å². The molecule has 1 aliphatic rings. The number of ether oxygens (including phenoxy) is 1. The van der Waals surface area contributed by atoms with Crippen molar-refractivity contribution >= 4 is 5.69 Å². The van der Waals surface area contributed by atoms with Crippen LogP contribution in [0.4, 0.5) is 5.69 Å². The quantitative estimate of drug-likeness (QED) is 0.901. The second-order valence-corrected chi connectivity index (χ2v) is 6.01. The maximum absolute atomic E-state index is 5.72. The molecule has 1 aromatic carbocycles. The lowest BCUT2D eigenvalue weighted by molar-refractivity contribution is 0.242. The molecule has 19 heavy (non-hydrogen) atoms. The molecule has 2 atom stereocenters. The Morgan fingerprint density at radius 1 is 1.37 bits per heavy atom. The van der Waals surface area contributed by atoms with Gasteiger partial charge in [0.1, 0.15) is 5.75 Å². The number of anilines is 1. The van der Waals surface area contributed by atoms with E-state index in [1.165, 1.54) is 17.7 Å². The predicted molar refractivity (Wildman–Crippen MR) is 81.1 cm³/mol. The minimum absolute atomic E-state index is 0.225. The largest absolute Gasteiger partial charge is 0.491 e. The Balaban J connectivity index is 2.01. The Kier molecular flexibility index (Phi) is 4.35. The number of likely N-dealkylation sites (N-methyl/N-ethyl adjacent to an activating group) is 1. The van der Waals surface area contributed by atoms with Gasteiger partial charge in [-0.1, -0.05) is 0 Å². The summed E-state index contributed by atoms with van der Waals surface area (Å²) in [6.45, 7) is 9.64. The maximum atomic E-state index is 5.72. The van der Waals surface area contributed by atoms with Gasteiger partial charge < -0.3 is 15.0 Å². The van der Waals surface area contributed by atoms with E-state index in [0.29, 0.717) is 12.1 Å². The van der Waals surface area contributed by atoms with Gasteiger partial charge in [0.15, 0.2) is 0 Å². The Bertz CT molecular complexity index is 421. The van der Waals surface area contributed by atoms with Gasteiger partial charge in [-0.15, -0.1) is 0 Å². The minimum Gasteiger partial charge on any atom is -0.491 e. The number of hydrogen-bond acceptors (Lipinski definition) is 3. The summed E-state index contributed by atoms with van der Waals surface area (Å²) in [4.78, 5) is 2.41. The molecule has 0 aliphatic carbocycles. The Morgan fingerprint density at radius 3 is 2.63 bits per heavy atom. The smallest absolute Gasteiger partial charge is 0.120 e. The van der Waals surface area contributed by atoms with Crippen LogP contribution in [-0.4, -0.2) is 36.7 Å². The van der Waals surface area contributed by atoms with E-state index in [1.54, 1.807) is 0 Å². The van der Waals surface area contributed by atoms with E-state index in [-0.39, 0.29) is 6.10 Å². The number of likely N-dealkylation sites (tertiary alicyclic amines) is 1. The molecule has 1 aliphatic heterocycles. The second kappa shape index (κ2) is 5.83. The molecule has 1 heterocycles. The summed E-state index contributed by atoms with van der Waals surface area (Å²) in [6.07, 6.45) is 1.43. The summed E-state index contributed by atoms with van der Waals surface area (Å²) in [6, 6.07) is 7.52. The summed E-state index contributed by atoms with van der Waals surface area (Å²) in [5, 5.41) is 3.65. The molecule has 0 radical (unpaired) electrons. The molecule has 2 rings (SSSR count). The standard InChI is InChI=1S/C16H26N2O/c1-11(2)19-15-6-7-16(12(3)8-15)17-14-9-13(4)18(5)10-14/h6-8,11,13-14,17H,9-10H2,1-5H3. The van der Waals surface area contributed by atoms with Gasteiger partial charge in [-0.2, -0.15) is 0 Å². The molecular weight excluding hydrogens is 236 g/mol. The van der Waals surface area contributed by atoms with Crippen molar-refractivity contribution < 1.29 is 4.74 Å². The van der Waals surface area contributed by atoms with Crippen LogP contribution in [0.15, 0.2) is 18.2 Å². The summed E-state index contributed by atoms with van der Waals surface area (Å²) in [5.74, 6) is 0.954. The van der Waals surface area contributed by atoms with Crippen molar-refractivity contribution in [3.05, 3.63) is 23.8 Å². The van der Waals surface area contributed by atoms with Crippen molar-refractivity contribution in [3.63, 3.8) is 0 Å². The van der Waals surface area contributed by atoms with Crippen LogP contribution in [-0.2, 0) is 0 Å². The van der Waals surface area contributed by atoms with E-state index in [0.717, 1.165) is 12.3 Å². The van der Waals surface area contributed by atoms with Gasteiger partial charge >= 0.3 is 0 Å². The van der Waals surface area contributed by atoms with Crippen LogP contribution in [0.1, 0.15) is 32.8 Å². The van der Waals surface area contributed by atoms with E-state index in [2.05, 4.69) is 63.2 Å². The molecule has 0 aromatic heterocycles. The first-order valence-electron chi connectivity index (χ1n) is 7.19. The number of nitrogens with zero attached hydrogens (tertiary/aromatic N) is 1.